The highest BCUT2D eigenvalue weighted by molar-refractivity contribution is 5.79. The van der Waals surface area contributed by atoms with Gasteiger partial charge in [0.25, 0.3) is 0 Å². The van der Waals surface area contributed by atoms with Gasteiger partial charge in [-0.3, -0.25) is 4.90 Å². The lowest BCUT2D eigenvalue weighted by atomic mass is 10.1. The van der Waals surface area contributed by atoms with E-state index in [9.17, 15) is 9.90 Å². The average molecular weight is 242 g/mol. The van der Waals surface area contributed by atoms with Crippen molar-refractivity contribution in [3.63, 3.8) is 0 Å². The normalized spacial score (nSPS) is 14.1. The highest BCUT2D eigenvalue weighted by Crippen LogP contribution is 2.19. The molecule has 0 rings (SSSR count). The van der Waals surface area contributed by atoms with E-state index in [2.05, 4.69) is 13.2 Å². The highest BCUT2D eigenvalue weighted by Gasteiger charge is 2.41. The molecule has 5 nitrogen and oxygen atoms in total. The molecule has 5 heteroatoms. The number of carbonyl (C=O) groups excluding carboxylic acids is 1. The second kappa shape index (κ2) is 8.00. The maximum absolute atomic E-state index is 11.8. The average Bonchev–Trinajstić information content (AvgIpc) is 2.32. The number of likely N-dealkylation sites (N-methyl/N-ethyl adjacent to an activating group) is 1. The van der Waals surface area contributed by atoms with Gasteiger partial charge in [0, 0.05) is 19.5 Å². The summed E-state index contributed by atoms with van der Waals surface area (Å²) in [6, 6.07) is 0. The fourth-order valence-corrected chi connectivity index (χ4v) is 1.51. The molecule has 0 aromatic rings. The number of ether oxygens (including phenoxy) is 1. The predicted molar refractivity (Wildman–Crippen MR) is 67.2 cm³/mol. The van der Waals surface area contributed by atoms with Crippen molar-refractivity contribution < 1.29 is 14.6 Å². The van der Waals surface area contributed by atoms with E-state index in [1.165, 1.54) is 6.08 Å². The van der Waals surface area contributed by atoms with Gasteiger partial charge in [-0.2, -0.15) is 0 Å². The van der Waals surface area contributed by atoms with Crippen molar-refractivity contribution in [2.24, 2.45) is 5.73 Å². The fraction of sp³-hybridized carbons (Fsp3) is 0.583. The zero-order valence-corrected chi connectivity index (χ0v) is 10.4. The standard InChI is InChI=1S/C12H22N2O3/c1-4-7-12(16,11(15)17-10-8-13)14(6-3)9-5-2/h4-5,16H,1-2,6-10,13H2,3H3/t12-/m1/s1. The molecule has 0 radical (unpaired) electrons. The number of nitrogens with zero attached hydrogens (tertiary/aromatic N) is 1. The van der Waals surface area contributed by atoms with Crippen molar-refractivity contribution in [2.75, 3.05) is 26.2 Å². The van der Waals surface area contributed by atoms with Crippen LogP contribution >= 0.6 is 0 Å². The van der Waals surface area contributed by atoms with Gasteiger partial charge in [-0.05, 0) is 6.54 Å². The fourth-order valence-electron chi connectivity index (χ4n) is 1.51. The SMILES string of the molecule is C=CCN(CC)[C@@](O)(CC=C)C(=O)OCCN. The van der Waals surface area contributed by atoms with Crippen molar-refractivity contribution in [1.29, 1.82) is 0 Å². The summed E-state index contributed by atoms with van der Waals surface area (Å²) >= 11 is 0. The van der Waals surface area contributed by atoms with E-state index < -0.39 is 11.7 Å². The summed E-state index contributed by atoms with van der Waals surface area (Å²) in [5, 5.41) is 10.4. The lowest BCUT2D eigenvalue weighted by Crippen LogP contribution is -2.55. The van der Waals surface area contributed by atoms with Gasteiger partial charge in [-0.25, -0.2) is 4.79 Å². The van der Waals surface area contributed by atoms with Gasteiger partial charge in [0.1, 0.15) is 6.61 Å². The molecule has 1 atom stereocenters. The van der Waals surface area contributed by atoms with Crippen molar-refractivity contribution >= 4 is 5.97 Å². The molecule has 0 amide bonds. The summed E-state index contributed by atoms with van der Waals surface area (Å²) in [6.45, 7) is 10.2. The summed E-state index contributed by atoms with van der Waals surface area (Å²) in [7, 11) is 0. The number of hydrogen-bond acceptors (Lipinski definition) is 5. The first-order valence-electron chi connectivity index (χ1n) is 5.63. The summed E-state index contributed by atoms with van der Waals surface area (Å²) in [6.07, 6.45) is 3.20. The molecular formula is C12H22N2O3. The highest BCUT2D eigenvalue weighted by atomic mass is 16.6. The van der Waals surface area contributed by atoms with Gasteiger partial charge < -0.3 is 15.6 Å². The van der Waals surface area contributed by atoms with Crippen LogP contribution in [-0.2, 0) is 9.53 Å². The van der Waals surface area contributed by atoms with E-state index in [4.69, 9.17) is 10.5 Å². The van der Waals surface area contributed by atoms with Crippen LogP contribution in [0.1, 0.15) is 13.3 Å². The molecule has 0 aliphatic rings. The lowest BCUT2D eigenvalue weighted by molar-refractivity contribution is -0.187. The smallest absolute Gasteiger partial charge is 0.354 e. The molecule has 0 aliphatic carbocycles. The minimum absolute atomic E-state index is 0.0872. The number of esters is 1. The Kier molecular flexibility index (Phi) is 7.45. The van der Waals surface area contributed by atoms with Crippen LogP contribution in [0.25, 0.3) is 0 Å². The topological polar surface area (TPSA) is 75.8 Å². The largest absolute Gasteiger partial charge is 0.461 e. The second-order valence-electron chi connectivity index (χ2n) is 3.56. The molecule has 98 valence electrons. The number of carbonyl (C=O) groups is 1. The Morgan fingerprint density at radius 1 is 1.53 bits per heavy atom. The Balaban J connectivity index is 4.89. The van der Waals surface area contributed by atoms with E-state index in [1.807, 2.05) is 6.92 Å². The molecule has 0 saturated carbocycles. The van der Waals surface area contributed by atoms with Crippen molar-refractivity contribution in [3.8, 4) is 0 Å². The minimum Gasteiger partial charge on any atom is -0.461 e. The summed E-state index contributed by atoms with van der Waals surface area (Å²) in [4.78, 5) is 13.4. The zero-order chi connectivity index (χ0) is 13.3. The maximum atomic E-state index is 11.8. The predicted octanol–water partition coefficient (Wildman–Crippen LogP) is 0.261. The van der Waals surface area contributed by atoms with Crippen molar-refractivity contribution in [2.45, 2.75) is 19.1 Å². The van der Waals surface area contributed by atoms with Crippen LogP contribution < -0.4 is 5.73 Å². The van der Waals surface area contributed by atoms with Crippen LogP contribution in [0.5, 0.6) is 0 Å². The van der Waals surface area contributed by atoms with Gasteiger partial charge in [0.2, 0.25) is 5.72 Å². The molecule has 0 spiro atoms. The quantitative estimate of drug-likeness (QED) is 0.344. The van der Waals surface area contributed by atoms with Crippen molar-refractivity contribution in [1.82, 2.24) is 4.90 Å². The third kappa shape index (κ3) is 4.30. The van der Waals surface area contributed by atoms with Crippen LogP contribution in [0, 0.1) is 0 Å². The Bertz CT molecular complexity index is 268. The first kappa shape index (κ1) is 15.8. The molecule has 0 aromatic carbocycles. The van der Waals surface area contributed by atoms with E-state index >= 15 is 0 Å². The van der Waals surface area contributed by atoms with Gasteiger partial charge in [-0.1, -0.05) is 19.1 Å². The van der Waals surface area contributed by atoms with E-state index in [1.54, 1.807) is 11.0 Å². The number of aliphatic hydroxyl groups is 1. The van der Waals surface area contributed by atoms with Crippen LogP contribution in [0.4, 0.5) is 0 Å². The van der Waals surface area contributed by atoms with Crippen LogP contribution in [0.2, 0.25) is 0 Å². The zero-order valence-electron chi connectivity index (χ0n) is 10.4. The molecule has 0 aliphatic heterocycles. The summed E-state index contributed by atoms with van der Waals surface area (Å²) in [5.74, 6) is -0.702. The molecule has 0 heterocycles. The van der Waals surface area contributed by atoms with E-state index in [-0.39, 0.29) is 19.6 Å². The van der Waals surface area contributed by atoms with Crippen LogP contribution in [0.15, 0.2) is 25.3 Å². The Morgan fingerprint density at radius 2 is 2.18 bits per heavy atom. The molecule has 0 unspecified atom stereocenters. The van der Waals surface area contributed by atoms with Gasteiger partial charge in [0.15, 0.2) is 0 Å². The van der Waals surface area contributed by atoms with Gasteiger partial charge in [0.05, 0.1) is 0 Å². The third-order valence-corrected chi connectivity index (χ3v) is 2.36. The monoisotopic (exact) mass is 242 g/mol. The Labute approximate surface area is 103 Å². The molecule has 0 fully saturated rings. The molecular weight excluding hydrogens is 220 g/mol. The van der Waals surface area contributed by atoms with E-state index in [0.717, 1.165) is 0 Å². The van der Waals surface area contributed by atoms with E-state index in [0.29, 0.717) is 13.1 Å². The molecule has 0 saturated heterocycles. The first-order valence-corrected chi connectivity index (χ1v) is 5.63. The molecule has 17 heavy (non-hydrogen) atoms. The Hall–Kier alpha value is -1.17. The molecule has 0 bridgehead atoms. The number of nitrogens with two attached hydrogens (primary N) is 1. The maximum Gasteiger partial charge on any atom is 0.354 e. The van der Waals surface area contributed by atoms with Crippen molar-refractivity contribution in [3.05, 3.63) is 25.3 Å². The molecule has 0 aromatic heterocycles. The number of hydrogen-bond donors (Lipinski definition) is 2. The minimum atomic E-state index is -1.69. The van der Waals surface area contributed by atoms with Crippen LogP contribution in [-0.4, -0.2) is 47.9 Å². The first-order chi connectivity index (χ1) is 8.06. The lowest BCUT2D eigenvalue weighted by Gasteiger charge is -2.35. The summed E-state index contributed by atoms with van der Waals surface area (Å²) in [5.41, 5.74) is 3.56. The third-order valence-electron chi connectivity index (χ3n) is 2.36. The number of rotatable bonds is 9. The Morgan fingerprint density at radius 3 is 2.59 bits per heavy atom. The summed E-state index contributed by atoms with van der Waals surface area (Å²) < 4.78 is 4.90. The van der Waals surface area contributed by atoms with Gasteiger partial charge in [-0.15, -0.1) is 13.2 Å². The second-order valence-corrected chi connectivity index (χ2v) is 3.56. The van der Waals surface area contributed by atoms with Gasteiger partial charge >= 0.3 is 5.97 Å². The van der Waals surface area contributed by atoms with Crippen LogP contribution in [0.3, 0.4) is 0 Å². The molecule has 3 N–H and O–H groups in total.